The van der Waals surface area contributed by atoms with Crippen molar-refractivity contribution in [2.75, 3.05) is 6.54 Å². The van der Waals surface area contributed by atoms with Crippen LogP contribution in [0.25, 0.3) is 0 Å². The molecule has 4 nitrogen and oxygen atoms in total. The van der Waals surface area contributed by atoms with Crippen molar-refractivity contribution in [1.82, 2.24) is 5.32 Å². The van der Waals surface area contributed by atoms with Gasteiger partial charge in [0.2, 0.25) is 0 Å². The number of allylic oxidation sites excluding steroid dienone is 1. The first-order valence-electron chi connectivity index (χ1n) is 6.57. The number of ketones is 1. The number of alkyl carbamates (subject to hydrolysis) is 1. The summed E-state index contributed by atoms with van der Waals surface area (Å²) in [5.41, 5.74) is 0.317. The number of carbonyl (C=O) groups excluding carboxylic acids is 2. The van der Waals surface area contributed by atoms with Crippen molar-refractivity contribution >= 4 is 11.9 Å². The topological polar surface area (TPSA) is 55.4 Å². The van der Waals surface area contributed by atoms with Crippen molar-refractivity contribution in [3.8, 4) is 0 Å². The number of nitrogens with one attached hydrogen (secondary N) is 1. The van der Waals surface area contributed by atoms with Gasteiger partial charge in [0.25, 0.3) is 0 Å². The minimum absolute atomic E-state index is 0.00255. The van der Waals surface area contributed by atoms with Gasteiger partial charge >= 0.3 is 6.09 Å². The molecule has 1 rings (SSSR count). The van der Waals surface area contributed by atoms with Crippen LogP contribution in [0.4, 0.5) is 4.79 Å². The number of Topliss-reactive ketones (excluding diaryl/α,β-unsaturated/α-hetero) is 1. The average Bonchev–Trinajstić information content (AvgIpc) is 2.52. The first-order valence-corrected chi connectivity index (χ1v) is 6.57. The average molecular weight is 253 g/mol. The molecule has 1 aliphatic carbocycles. The zero-order valence-corrected chi connectivity index (χ0v) is 11.5. The van der Waals surface area contributed by atoms with Crippen LogP contribution in [0.2, 0.25) is 0 Å². The molecule has 0 unspecified atom stereocenters. The molecular weight excluding hydrogens is 230 g/mol. The lowest BCUT2D eigenvalue weighted by Gasteiger charge is -2.19. The van der Waals surface area contributed by atoms with Crippen molar-refractivity contribution < 1.29 is 14.3 Å². The maximum Gasteiger partial charge on any atom is 0.408 e. The van der Waals surface area contributed by atoms with E-state index in [9.17, 15) is 9.59 Å². The quantitative estimate of drug-likeness (QED) is 0.841. The molecule has 0 aromatic carbocycles. The molecular formula is C14H23NO3. The molecule has 4 heteroatoms. The number of carbonyl (C=O) groups is 2. The number of ether oxygens (including phenoxy) is 1. The van der Waals surface area contributed by atoms with Crippen molar-refractivity contribution in [2.45, 2.75) is 58.5 Å². The van der Waals surface area contributed by atoms with Crippen LogP contribution in [0, 0.1) is 0 Å². The predicted octanol–water partition coefficient (Wildman–Crippen LogP) is 2.97. The third-order valence-corrected chi connectivity index (χ3v) is 2.69. The molecule has 18 heavy (non-hydrogen) atoms. The van der Waals surface area contributed by atoms with Gasteiger partial charge < -0.3 is 10.1 Å². The van der Waals surface area contributed by atoms with Crippen LogP contribution < -0.4 is 5.32 Å². The SMILES string of the molecule is CC(C)(C)OC(=O)NCC(=O)C1=CCCCCC1. The number of rotatable bonds is 3. The second-order valence-corrected chi connectivity index (χ2v) is 5.61. The van der Waals surface area contributed by atoms with Crippen LogP contribution in [0.15, 0.2) is 11.6 Å². The lowest BCUT2D eigenvalue weighted by atomic mass is 10.1. The molecule has 1 N–H and O–H groups in total. The molecule has 0 aliphatic heterocycles. The van der Waals surface area contributed by atoms with E-state index < -0.39 is 11.7 Å². The maximum atomic E-state index is 11.9. The summed E-state index contributed by atoms with van der Waals surface area (Å²) in [6.07, 6.45) is 6.65. The Labute approximate surface area is 109 Å². The normalized spacial score (nSPS) is 16.5. The van der Waals surface area contributed by atoms with Crippen molar-refractivity contribution in [2.24, 2.45) is 0 Å². The predicted molar refractivity (Wildman–Crippen MR) is 70.4 cm³/mol. The summed E-state index contributed by atoms with van der Waals surface area (Å²) in [5.74, 6) is 0.00255. The molecule has 0 bridgehead atoms. The van der Waals surface area contributed by atoms with Gasteiger partial charge in [-0.05, 0) is 52.0 Å². The number of amides is 1. The van der Waals surface area contributed by atoms with E-state index in [0.29, 0.717) is 0 Å². The third-order valence-electron chi connectivity index (χ3n) is 2.69. The fraction of sp³-hybridized carbons (Fsp3) is 0.714. The molecule has 0 saturated carbocycles. The van der Waals surface area contributed by atoms with Gasteiger partial charge in [0.1, 0.15) is 5.60 Å². The summed E-state index contributed by atoms with van der Waals surface area (Å²) in [6, 6.07) is 0. The number of hydrogen-bond donors (Lipinski definition) is 1. The van der Waals surface area contributed by atoms with E-state index in [-0.39, 0.29) is 12.3 Å². The van der Waals surface area contributed by atoms with E-state index in [1.54, 1.807) is 20.8 Å². The van der Waals surface area contributed by atoms with E-state index in [4.69, 9.17) is 4.74 Å². The lowest BCUT2D eigenvalue weighted by molar-refractivity contribution is -0.115. The highest BCUT2D eigenvalue weighted by Crippen LogP contribution is 2.17. The largest absolute Gasteiger partial charge is 0.444 e. The second kappa shape index (κ2) is 6.57. The molecule has 0 aromatic heterocycles. The van der Waals surface area contributed by atoms with Gasteiger partial charge in [-0.25, -0.2) is 4.79 Å². The van der Waals surface area contributed by atoms with Gasteiger partial charge in [0, 0.05) is 0 Å². The van der Waals surface area contributed by atoms with Crippen LogP contribution in [0.3, 0.4) is 0 Å². The summed E-state index contributed by atoms with van der Waals surface area (Å²) in [4.78, 5) is 23.3. The van der Waals surface area contributed by atoms with Crippen LogP contribution in [0.5, 0.6) is 0 Å². The Bertz CT molecular complexity index is 339. The van der Waals surface area contributed by atoms with Crippen LogP contribution in [-0.4, -0.2) is 24.0 Å². The highest BCUT2D eigenvalue weighted by molar-refractivity contribution is 5.98. The minimum atomic E-state index is -0.537. The molecule has 0 heterocycles. The Balaban J connectivity index is 2.36. The second-order valence-electron chi connectivity index (χ2n) is 5.61. The Morgan fingerprint density at radius 2 is 2.00 bits per heavy atom. The summed E-state index contributed by atoms with van der Waals surface area (Å²) in [6.45, 7) is 5.41. The highest BCUT2D eigenvalue weighted by Gasteiger charge is 2.17. The maximum absolute atomic E-state index is 11.9. The van der Waals surface area contributed by atoms with E-state index in [2.05, 4.69) is 5.32 Å². The lowest BCUT2D eigenvalue weighted by Crippen LogP contribution is -2.35. The monoisotopic (exact) mass is 253 g/mol. The summed E-state index contributed by atoms with van der Waals surface area (Å²) < 4.78 is 5.08. The fourth-order valence-corrected chi connectivity index (χ4v) is 1.85. The fourth-order valence-electron chi connectivity index (χ4n) is 1.85. The van der Waals surface area contributed by atoms with E-state index >= 15 is 0 Å². The van der Waals surface area contributed by atoms with Crippen LogP contribution in [-0.2, 0) is 9.53 Å². The standard InChI is InChI=1S/C14H23NO3/c1-14(2,3)18-13(17)15-10-12(16)11-8-6-4-5-7-9-11/h8H,4-7,9-10H2,1-3H3,(H,15,17). The van der Waals surface area contributed by atoms with Crippen LogP contribution >= 0.6 is 0 Å². The Kier molecular flexibility index (Phi) is 5.38. The molecule has 102 valence electrons. The molecule has 0 spiro atoms. The van der Waals surface area contributed by atoms with Gasteiger partial charge in [0.05, 0.1) is 6.54 Å². The first kappa shape index (κ1) is 14.7. The van der Waals surface area contributed by atoms with Gasteiger partial charge in [0.15, 0.2) is 5.78 Å². The van der Waals surface area contributed by atoms with Gasteiger partial charge in [-0.15, -0.1) is 0 Å². The molecule has 0 fully saturated rings. The zero-order chi connectivity index (χ0) is 13.6. The van der Waals surface area contributed by atoms with Gasteiger partial charge in [-0.3, -0.25) is 4.79 Å². The molecule has 0 aromatic rings. The molecule has 1 aliphatic rings. The Morgan fingerprint density at radius 1 is 1.28 bits per heavy atom. The van der Waals surface area contributed by atoms with E-state index in [1.165, 1.54) is 6.42 Å². The smallest absolute Gasteiger partial charge is 0.408 e. The van der Waals surface area contributed by atoms with Crippen molar-refractivity contribution in [3.05, 3.63) is 11.6 Å². The van der Waals surface area contributed by atoms with E-state index in [0.717, 1.165) is 31.3 Å². The Morgan fingerprint density at radius 3 is 2.67 bits per heavy atom. The minimum Gasteiger partial charge on any atom is -0.444 e. The van der Waals surface area contributed by atoms with E-state index in [1.807, 2.05) is 6.08 Å². The zero-order valence-electron chi connectivity index (χ0n) is 11.5. The summed E-state index contributed by atoms with van der Waals surface area (Å²) in [5, 5.41) is 2.51. The van der Waals surface area contributed by atoms with Crippen LogP contribution in [0.1, 0.15) is 52.9 Å². The van der Waals surface area contributed by atoms with Crippen molar-refractivity contribution in [3.63, 3.8) is 0 Å². The molecule has 0 radical (unpaired) electrons. The third kappa shape index (κ3) is 5.84. The highest BCUT2D eigenvalue weighted by atomic mass is 16.6. The molecule has 1 amide bonds. The first-order chi connectivity index (χ1) is 8.38. The molecule has 0 saturated heterocycles. The van der Waals surface area contributed by atoms with Gasteiger partial charge in [-0.1, -0.05) is 12.5 Å². The molecule has 0 atom stereocenters. The number of hydrogen-bond acceptors (Lipinski definition) is 3. The summed E-state index contributed by atoms with van der Waals surface area (Å²) in [7, 11) is 0. The Hall–Kier alpha value is -1.32. The summed E-state index contributed by atoms with van der Waals surface area (Å²) >= 11 is 0. The van der Waals surface area contributed by atoms with Gasteiger partial charge in [-0.2, -0.15) is 0 Å². The van der Waals surface area contributed by atoms with Crippen molar-refractivity contribution in [1.29, 1.82) is 0 Å².